The van der Waals surface area contributed by atoms with Crippen molar-refractivity contribution in [3.05, 3.63) is 34.3 Å². The van der Waals surface area contributed by atoms with E-state index >= 15 is 0 Å². The van der Waals surface area contributed by atoms with Crippen molar-refractivity contribution in [1.29, 1.82) is 5.26 Å². The number of urea groups is 1. The molecular weight excluding hydrogens is 316 g/mol. The molecule has 1 aromatic carbocycles. The van der Waals surface area contributed by atoms with E-state index in [9.17, 15) is 9.59 Å². The number of piperidine rings is 1. The average Bonchev–Trinajstić information content (AvgIpc) is 2.84. The third-order valence-electron chi connectivity index (χ3n) is 4.89. The van der Waals surface area contributed by atoms with Gasteiger partial charge in [-0.15, -0.1) is 0 Å². The largest absolute Gasteiger partial charge is 0.338 e. The Morgan fingerprint density at radius 3 is 2.65 bits per heavy atom. The van der Waals surface area contributed by atoms with Crippen molar-refractivity contribution in [3.8, 4) is 6.07 Å². The molecule has 0 radical (unpaired) electrons. The maximum absolute atomic E-state index is 12.7. The number of carbonyl (C=O) groups is 2. The molecule has 120 valence electrons. The fourth-order valence-electron chi connectivity index (χ4n) is 3.26. The van der Waals surface area contributed by atoms with Gasteiger partial charge >= 0.3 is 6.03 Å². The van der Waals surface area contributed by atoms with E-state index in [1.807, 2.05) is 6.07 Å². The summed E-state index contributed by atoms with van der Waals surface area (Å²) in [5, 5.41) is 12.2. The van der Waals surface area contributed by atoms with Crippen LogP contribution in [0.4, 0.5) is 4.79 Å². The Balaban J connectivity index is 1.74. The van der Waals surface area contributed by atoms with Crippen LogP contribution >= 0.6 is 11.6 Å². The van der Waals surface area contributed by atoms with Crippen LogP contribution in [0.1, 0.15) is 28.8 Å². The van der Waals surface area contributed by atoms with Gasteiger partial charge in [-0.1, -0.05) is 11.6 Å². The quantitative estimate of drug-likeness (QED) is 0.852. The fraction of sp³-hybridized carbons (Fsp3) is 0.438. The monoisotopic (exact) mass is 332 g/mol. The number of nitriles is 1. The second kappa shape index (κ2) is 5.74. The molecule has 1 N–H and O–H groups in total. The molecule has 2 heterocycles. The third-order valence-corrected chi connectivity index (χ3v) is 5.22. The second-order valence-electron chi connectivity index (χ2n) is 6.04. The molecule has 6 nitrogen and oxygen atoms in total. The van der Waals surface area contributed by atoms with Crippen molar-refractivity contribution in [3.63, 3.8) is 0 Å². The van der Waals surface area contributed by atoms with Gasteiger partial charge in [-0.05, 0) is 31.0 Å². The molecule has 0 aromatic heterocycles. The van der Waals surface area contributed by atoms with E-state index in [4.69, 9.17) is 16.9 Å². The minimum absolute atomic E-state index is 0.0606. The summed E-state index contributed by atoms with van der Waals surface area (Å²) in [5.41, 5.74) is 0.568. The van der Waals surface area contributed by atoms with Crippen molar-refractivity contribution in [2.45, 2.75) is 18.4 Å². The van der Waals surface area contributed by atoms with Crippen LogP contribution in [0, 0.1) is 11.3 Å². The van der Waals surface area contributed by atoms with Gasteiger partial charge in [0.05, 0.1) is 27.8 Å². The van der Waals surface area contributed by atoms with Gasteiger partial charge in [0.1, 0.15) is 0 Å². The molecule has 0 bridgehead atoms. The zero-order valence-electron chi connectivity index (χ0n) is 12.8. The van der Waals surface area contributed by atoms with Gasteiger partial charge in [-0.3, -0.25) is 4.79 Å². The van der Waals surface area contributed by atoms with Crippen LogP contribution < -0.4 is 5.32 Å². The van der Waals surface area contributed by atoms with E-state index in [-0.39, 0.29) is 17.5 Å². The highest BCUT2D eigenvalue weighted by Crippen LogP contribution is 2.32. The van der Waals surface area contributed by atoms with E-state index in [0.717, 1.165) is 12.8 Å². The molecule has 0 aliphatic carbocycles. The Hall–Kier alpha value is -2.26. The summed E-state index contributed by atoms with van der Waals surface area (Å²) in [5.74, 6) is -0.165. The number of nitrogens with zero attached hydrogens (tertiary/aromatic N) is 3. The summed E-state index contributed by atoms with van der Waals surface area (Å²) in [6.45, 7) is 1.74. The zero-order valence-corrected chi connectivity index (χ0v) is 13.6. The maximum atomic E-state index is 12.7. The first kappa shape index (κ1) is 15.6. The van der Waals surface area contributed by atoms with Crippen LogP contribution in [0.3, 0.4) is 0 Å². The summed E-state index contributed by atoms with van der Waals surface area (Å²) in [7, 11) is 1.80. The molecule has 3 rings (SSSR count). The highest BCUT2D eigenvalue weighted by molar-refractivity contribution is 6.33. The SMILES string of the molecule is CN1C(=O)NCC12CCN(C(=O)c1cc(C#N)ccc1Cl)CC2. The Bertz CT molecular complexity index is 705. The molecule has 1 aromatic rings. The topological polar surface area (TPSA) is 76.4 Å². The van der Waals surface area contributed by atoms with E-state index < -0.39 is 0 Å². The lowest BCUT2D eigenvalue weighted by Gasteiger charge is -2.42. The summed E-state index contributed by atoms with van der Waals surface area (Å²) in [6, 6.07) is 6.66. The van der Waals surface area contributed by atoms with Crippen LogP contribution in [0.5, 0.6) is 0 Å². The van der Waals surface area contributed by atoms with E-state index in [0.29, 0.717) is 35.8 Å². The Labute approximate surface area is 139 Å². The standard InChI is InChI=1S/C16H17ClN4O2/c1-20-15(23)19-10-16(20)4-6-21(7-5-16)14(22)12-8-11(9-18)2-3-13(12)17/h2-3,8H,4-7,10H2,1H3,(H,19,23). The number of halogens is 1. The highest BCUT2D eigenvalue weighted by atomic mass is 35.5. The van der Waals surface area contributed by atoms with Crippen molar-refractivity contribution < 1.29 is 9.59 Å². The molecule has 1 spiro atoms. The van der Waals surface area contributed by atoms with E-state index in [2.05, 4.69) is 5.32 Å². The maximum Gasteiger partial charge on any atom is 0.317 e. The lowest BCUT2D eigenvalue weighted by atomic mass is 9.87. The van der Waals surface area contributed by atoms with Crippen LogP contribution in [0.25, 0.3) is 0 Å². The predicted octanol–water partition coefficient (Wildman–Crippen LogP) is 1.84. The van der Waals surface area contributed by atoms with Gasteiger partial charge in [-0.25, -0.2) is 4.79 Å². The molecule has 2 aliphatic heterocycles. The smallest absolute Gasteiger partial charge is 0.317 e. The lowest BCUT2D eigenvalue weighted by molar-refractivity contribution is 0.0565. The normalized spacial score (nSPS) is 19.6. The summed E-state index contributed by atoms with van der Waals surface area (Å²) in [4.78, 5) is 27.8. The average molecular weight is 333 g/mol. The number of rotatable bonds is 1. The van der Waals surface area contributed by atoms with Gasteiger partial charge in [0.2, 0.25) is 0 Å². The van der Waals surface area contributed by atoms with E-state index in [1.54, 1.807) is 29.0 Å². The minimum Gasteiger partial charge on any atom is -0.338 e. The summed E-state index contributed by atoms with van der Waals surface area (Å²) < 4.78 is 0. The minimum atomic E-state index is -0.202. The first-order chi connectivity index (χ1) is 11.0. The number of hydrogen-bond donors (Lipinski definition) is 1. The fourth-order valence-corrected chi connectivity index (χ4v) is 3.46. The number of benzene rings is 1. The highest BCUT2D eigenvalue weighted by Gasteiger charge is 2.45. The number of hydrogen-bond acceptors (Lipinski definition) is 3. The van der Waals surface area contributed by atoms with Gasteiger partial charge < -0.3 is 15.1 Å². The van der Waals surface area contributed by atoms with Crippen LogP contribution in [-0.2, 0) is 0 Å². The summed E-state index contributed by atoms with van der Waals surface area (Å²) >= 11 is 6.11. The lowest BCUT2D eigenvalue weighted by Crippen LogP contribution is -2.54. The molecule has 2 fully saturated rings. The molecular formula is C16H17ClN4O2. The first-order valence-corrected chi connectivity index (χ1v) is 7.85. The zero-order chi connectivity index (χ0) is 16.6. The molecule has 2 aliphatic rings. The van der Waals surface area contributed by atoms with Crippen LogP contribution in [0.2, 0.25) is 5.02 Å². The van der Waals surface area contributed by atoms with Crippen molar-refractivity contribution in [2.75, 3.05) is 26.7 Å². The number of amides is 3. The van der Waals surface area contributed by atoms with Crippen molar-refractivity contribution >= 4 is 23.5 Å². The Kier molecular flexibility index (Phi) is 3.90. The Morgan fingerprint density at radius 1 is 1.39 bits per heavy atom. The first-order valence-electron chi connectivity index (χ1n) is 7.47. The molecule has 0 saturated carbocycles. The molecule has 23 heavy (non-hydrogen) atoms. The van der Waals surface area contributed by atoms with Crippen molar-refractivity contribution in [2.24, 2.45) is 0 Å². The number of nitrogens with one attached hydrogen (secondary N) is 1. The van der Waals surface area contributed by atoms with Crippen LogP contribution in [-0.4, -0.2) is 54.0 Å². The number of carbonyl (C=O) groups excluding carboxylic acids is 2. The molecule has 7 heteroatoms. The molecule has 0 unspecified atom stereocenters. The van der Waals surface area contributed by atoms with Gasteiger partial charge in [0, 0.05) is 26.7 Å². The summed E-state index contributed by atoms with van der Waals surface area (Å²) in [6.07, 6.45) is 1.45. The molecule has 0 atom stereocenters. The molecule has 2 saturated heterocycles. The predicted molar refractivity (Wildman–Crippen MR) is 85.2 cm³/mol. The van der Waals surface area contributed by atoms with E-state index in [1.165, 1.54) is 6.07 Å². The molecule has 3 amide bonds. The second-order valence-corrected chi connectivity index (χ2v) is 6.45. The van der Waals surface area contributed by atoms with Gasteiger partial charge in [0.25, 0.3) is 5.91 Å². The van der Waals surface area contributed by atoms with Crippen LogP contribution in [0.15, 0.2) is 18.2 Å². The Morgan fingerprint density at radius 2 is 2.09 bits per heavy atom. The number of likely N-dealkylation sites (tertiary alicyclic amines) is 1. The number of likely N-dealkylation sites (N-methyl/N-ethyl adjacent to an activating group) is 1. The van der Waals surface area contributed by atoms with Gasteiger partial charge in [-0.2, -0.15) is 5.26 Å². The van der Waals surface area contributed by atoms with Gasteiger partial charge in [0.15, 0.2) is 0 Å². The third kappa shape index (κ3) is 2.62. The van der Waals surface area contributed by atoms with Crippen molar-refractivity contribution in [1.82, 2.24) is 15.1 Å².